The van der Waals surface area contributed by atoms with Gasteiger partial charge in [0.15, 0.2) is 11.6 Å². The molecule has 0 bridgehead atoms. The van der Waals surface area contributed by atoms with Crippen LogP contribution in [0.3, 0.4) is 0 Å². The average molecular weight is 386 g/mol. The fourth-order valence-corrected chi connectivity index (χ4v) is 2.61. The van der Waals surface area contributed by atoms with Crippen molar-refractivity contribution in [1.29, 1.82) is 0 Å². The third-order valence-corrected chi connectivity index (χ3v) is 3.96. The second kappa shape index (κ2) is 9.59. The van der Waals surface area contributed by atoms with Gasteiger partial charge in [-0.05, 0) is 42.7 Å². The van der Waals surface area contributed by atoms with Gasteiger partial charge in [0.1, 0.15) is 24.7 Å². The summed E-state index contributed by atoms with van der Waals surface area (Å²) >= 11 is 0. The van der Waals surface area contributed by atoms with E-state index in [9.17, 15) is 13.6 Å². The largest absolute Gasteiger partial charge is 0.484 e. The van der Waals surface area contributed by atoms with Crippen LogP contribution in [0.25, 0.3) is 0 Å². The van der Waals surface area contributed by atoms with Gasteiger partial charge in [0, 0.05) is 6.54 Å². The summed E-state index contributed by atoms with van der Waals surface area (Å²) in [5.41, 5.74) is 1.38. The van der Waals surface area contributed by atoms with Crippen molar-refractivity contribution in [3.05, 3.63) is 77.6 Å². The molecule has 0 saturated carbocycles. The van der Waals surface area contributed by atoms with E-state index in [4.69, 9.17) is 4.74 Å². The number of carbonyl (C=O) groups excluding carboxylic acids is 1. The SMILES string of the molecule is O=C(Cn1cc(COc2ccccc2F)nn1)NCCCc1cccc(F)c1. The Balaban J connectivity index is 1.38. The molecule has 1 aromatic heterocycles. The minimum atomic E-state index is -0.451. The lowest BCUT2D eigenvalue weighted by Gasteiger charge is -2.05. The molecule has 0 atom stereocenters. The molecule has 146 valence electrons. The first kappa shape index (κ1) is 19.5. The number of benzene rings is 2. The maximum absolute atomic E-state index is 13.5. The molecule has 0 saturated heterocycles. The summed E-state index contributed by atoms with van der Waals surface area (Å²) in [6.45, 7) is 0.552. The first-order chi connectivity index (χ1) is 13.6. The van der Waals surface area contributed by atoms with Crippen LogP contribution in [0.2, 0.25) is 0 Å². The van der Waals surface area contributed by atoms with Crippen LogP contribution in [0, 0.1) is 11.6 Å². The van der Waals surface area contributed by atoms with Gasteiger partial charge in [0.25, 0.3) is 0 Å². The molecule has 0 fully saturated rings. The Kier molecular flexibility index (Phi) is 6.67. The number of carbonyl (C=O) groups is 1. The summed E-state index contributed by atoms with van der Waals surface area (Å²) in [4.78, 5) is 12.0. The van der Waals surface area contributed by atoms with Gasteiger partial charge in [0.2, 0.25) is 5.91 Å². The fourth-order valence-electron chi connectivity index (χ4n) is 2.61. The Morgan fingerprint density at radius 3 is 2.82 bits per heavy atom. The van der Waals surface area contributed by atoms with Crippen LogP contribution in [-0.4, -0.2) is 27.4 Å². The Labute approximate surface area is 161 Å². The maximum atomic E-state index is 13.5. The number of hydrogen-bond donors (Lipinski definition) is 1. The van der Waals surface area contributed by atoms with Gasteiger partial charge < -0.3 is 10.1 Å². The van der Waals surface area contributed by atoms with E-state index in [-0.39, 0.29) is 30.6 Å². The molecule has 2 aromatic carbocycles. The first-order valence-electron chi connectivity index (χ1n) is 8.87. The summed E-state index contributed by atoms with van der Waals surface area (Å²) in [5.74, 6) is -0.784. The van der Waals surface area contributed by atoms with E-state index in [1.54, 1.807) is 24.4 Å². The first-order valence-corrected chi connectivity index (χ1v) is 8.87. The standard InChI is InChI=1S/C20H20F2N4O2/c21-16-7-3-5-15(11-16)6-4-10-23-20(27)13-26-12-17(24-25-26)14-28-19-9-2-1-8-18(19)22/h1-3,5,7-9,11-12H,4,6,10,13-14H2,(H,23,27). The Hall–Kier alpha value is -3.29. The highest BCUT2D eigenvalue weighted by Gasteiger charge is 2.08. The van der Waals surface area contributed by atoms with Crippen LogP contribution in [0.4, 0.5) is 8.78 Å². The molecule has 6 nitrogen and oxygen atoms in total. The average Bonchev–Trinajstić information content (AvgIpc) is 3.12. The van der Waals surface area contributed by atoms with Crippen molar-refractivity contribution in [3.63, 3.8) is 0 Å². The molecule has 0 radical (unpaired) electrons. The molecule has 0 spiro atoms. The third-order valence-electron chi connectivity index (χ3n) is 3.96. The monoisotopic (exact) mass is 386 g/mol. The van der Waals surface area contributed by atoms with Gasteiger partial charge in [0.05, 0.1) is 6.20 Å². The second-order valence-corrected chi connectivity index (χ2v) is 6.21. The van der Waals surface area contributed by atoms with Crippen LogP contribution in [0.1, 0.15) is 17.7 Å². The molecule has 8 heteroatoms. The number of aryl methyl sites for hydroxylation is 1. The van der Waals surface area contributed by atoms with Gasteiger partial charge in [-0.2, -0.15) is 0 Å². The van der Waals surface area contributed by atoms with Crippen LogP contribution >= 0.6 is 0 Å². The van der Waals surface area contributed by atoms with Gasteiger partial charge >= 0.3 is 0 Å². The second-order valence-electron chi connectivity index (χ2n) is 6.21. The highest BCUT2D eigenvalue weighted by Crippen LogP contribution is 2.16. The summed E-state index contributed by atoms with van der Waals surface area (Å²) in [5, 5.41) is 10.6. The molecule has 1 heterocycles. The molecule has 0 unspecified atom stereocenters. The highest BCUT2D eigenvalue weighted by atomic mass is 19.1. The molecule has 0 aliphatic rings. The van der Waals surface area contributed by atoms with E-state index < -0.39 is 5.82 Å². The van der Waals surface area contributed by atoms with Crippen LogP contribution < -0.4 is 10.1 Å². The number of rotatable bonds is 9. The van der Waals surface area contributed by atoms with E-state index in [0.717, 1.165) is 5.56 Å². The number of aromatic nitrogens is 3. The van der Waals surface area contributed by atoms with Crippen molar-refractivity contribution in [1.82, 2.24) is 20.3 Å². The smallest absolute Gasteiger partial charge is 0.241 e. The third kappa shape index (κ3) is 5.87. The van der Waals surface area contributed by atoms with Crippen molar-refractivity contribution in [2.24, 2.45) is 0 Å². The number of para-hydroxylation sites is 1. The summed E-state index contributed by atoms with van der Waals surface area (Å²) < 4.78 is 33.4. The van der Waals surface area contributed by atoms with Crippen LogP contribution in [-0.2, 0) is 24.4 Å². The zero-order valence-corrected chi connectivity index (χ0v) is 15.1. The van der Waals surface area contributed by atoms with E-state index in [0.29, 0.717) is 25.1 Å². The lowest BCUT2D eigenvalue weighted by molar-refractivity contribution is -0.121. The summed E-state index contributed by atoms with van der Waals surface area (Å²) in [6, 6.07) is 12.5. The van der Waals surface area contributed by atoms with Crippen molar-refractivity contribution in [2.75, 3.05) is 6.54 Å². The molecule has 3 aromatic rings. The van der Waals surface area contributed by atoms with Crippen LogP contribution in [0.5, 0.6) is 5.75 Å². The van der Waals surface area contributed by atoms with E-state index in [2.05, 4.69) is 15.6 Å². The highest BCUT2D eigenvalue weighted by molar-refractivity contribution is 5.75. The fraction of sp³-hybridized carbons (Fsp3) is 0.250. The number of amides is 1. The van der Waals surface area contributed by atoms with Crippen LogP contribution in [0.15, 0.2) is 54.7 Å². The minimum absolute atomic E-state index is 0.0205. The van der Waals surface area contributed by atoms with Gasteiger partial charge in [-0.15, -0.1) is 5.10 Å². The van der Waals surface area contributed by atoms with Gasteiger partial charge in [-0.25, -0.2) is 13.5 Å². The quantitative estimate of drug-likeness (QED) is 0.574. The molecular weight excluding hydrogens is 366 g/mol. The van der Waals surface area contributed by atoms with Gasteiger partial charge in [-0.1, -0.05) is 29.5 Å². The predicted octanol–water partition coefficient (Wildman–Crippen LogP) is 2.88. The molecular formula is C20H20F2N4O2. The Bertz CT molecular complexity index is 930. The Morgan fingerprint density at radius 1 is 1.14 bits per heavy atom. The zero-order valence-electron chi connectivity index (χ0n) is 15.1. The maximum Gasteiger partial charge on any atom is 0.241 e. The number of ether oxygens (including phenoxy) is 1. The molecule has 28 heavy (non-hydrogen) atoms. The minimum Gasteiger partial charge on any atom is -0.484 e. The lowest BCUT2D eigenvalue weighted by Crippen LogP contribution is -2.28. The topological polar surface area (TPSA) is 69.0 Å². The van der Waals surface area contributed by atoms with E-state index in [1.807, 2.05) is 6.07 Å². The molecule has 0 aliphatic heterocycles. The number of hydrogen-bond acceptors (Lipinski definition) is 4. The number of halogens is 2. The lowest BCUT2D eigenvalue weighted by atomic mass is 10.1. The molecule has 1 N–H and O–H groups in total. The van der Waals surface area contributed by atoms with E-state index >= 15 is 0 Å². The predicted molar refractivity (Wildman–Crippen MR) is 98.5 cm³/mol. The van der Waals surface area contributed by atoms with Crippen molar-refractivity contribution < 1.29 is 18.3 Å². The van der Waals surface area contributed by atoms with Crippen molar-refractivity contribution in [3.8, 4) is 5.75 Å². The number of nitrogens with zero attached hydrogens (tertiary/aromatic N) is 3. The van der Waals surface area contributed by atoms with Crippen molar-refractivity contribution >= 4 is 5.91 Å². The molecule has 0 aliphatic carbocycles. The number of nitrogens with one attached hydrogen (secondary N) is 1. The normalized spacial score (nSPS) is 10.6. The molecule has 1 amide bonds. The summed E-state index contributed by atoms with van der Waals surface area (Å²) in [7, 11) is 0. The van der Waals surface area contributed by atoms with Crippen molar-refractivity contribution in [2.45, 2.75) is 26.0 Å². The zero-order chi connectivity index (χ0) is 19.8. The van der Waals surface area contributed by atoms with Gasteiger partial charge in [-0.3, -0.25) is 4.79 Å². The summed E-state index contributed by atoms with van der Waals surface area (Å²) in [6.07, 6.45) is 2.96. The Morgan fingerprint density at radius 2 is 2.00 bits per heavy atom. The van der Waals surface area contributed by atoms with E-state index in [1.165, 1.54) is 28.9 Å². The molecule has 3 rings (SSSR count).